The van der Waals surface area contributed by atoms with Crippen LogP contribution in [0.5, 0.6) is 0 Å². The van der Waals surface area contributed by atoms with Crippen molar-refractivity contribution in [2.75, 3.05) is 13.1 Å². The Balaban J connectivity index is 2.12. The normalized spacial score (nSPS) is 49.2. The van der Waals surface area contributed by atoms with Crippen molar-refractivity contribution in [1.82, 2.24) is 4.90 Å². The van der Waals surface area contributed by atoms with Gasteiger partial charge in [-0.1, -0.05) is 0 Å². The lowest BCUT2D eigenvalue weighted by molar-refractivity contribution is -0.0282. The molecule has 4 nitrogen and oxygen atoms in total. The summed E-state index contributed by atoms with van der Waals surface area (Å²) in [5, 5.41) is 28.4. The van der Waals surface area contributed by atoms with Gasteiger partial charge in [-0.3, -0.25) is 4.90 Å². The highest BCUT2D eigenvalue weighted by atomic mass is 16.3. The molecule has 0 aromatic rings. The molecule has 0 amide bonds. The summed E-state index contributed by atoms with van der Waals surface area (Å²) < 4.78 is 0. The van der Waals surface area contributed by atoms with Crippen LogP contribution in [0.1, 0.15) is 12.8 Å². The van der Waals surface area contributed by atoms with Gasteiger partial charge >= 0.3 is 0 Å². The molecule has 70 valence electrons. The van der Waals surface area contributed by atoms with E-state index >= 15 is 0 Å². The molecular weight excluding hydrogens is 158 g/mol. The number of nitrogens with zero attached hydrogens (tertiary/aromatic N) is 1. The van der Waals surface area contributed by atoms with Crippen LogP contribution in [0.15, 0.2) is 0 Å². The van der Waals surface area contributed by atoms with Gasteiger partial charge in [0.2, 0.25) is 0 Å². The molecule has 2 saturated heterocycles. The van der Waals surface area contributed by atoms with Crippen molar-refractivity contribution in [3.05, 3.63) is 0 Å². The molecule has 3 N–H and O–H groups in total. The van der Waals surface area contributed by atoms with Gasteiger partial charge in [-0.2, -0.15) is 0 Å². The summed E-state index contributed by atoms with van der Waals surface area (Å²) in [4.78, 5) is 1.98. The highest BCUT2D eigenvalue weighted by Gasteiger charge is 2.45. The van der Waals surface area contributed by atoms with Crippen molar-refractivity contribution in [2.45, 2.75) is 37.2 Å². The molecule has 2 aliphatic rings. The molecule has 4 atom stereocenters. The fraction of sp³-hybridized carbons (Fsp3) is 1.00. The lowest BCUT2D eigenvalue weighted by Crippen LogP contribution is -2.48. The van der Waals surface area contributed by atoms with Gasteiger partial charge in [-0.25, -0.2) is 0 Å². The van der Waals surface area contributed by atoms with Crippen LogP contribution >= 0.6 is 0 Å². The smallest absolute Gasteiger partial charge is 0.0991 e. The maximum atomic E-state index is 9.55. The zero-order chi connectivity index (χ0) is 8.72. The third kappa shape index (κ3) is 1.15. The average molecular weight is 173 g/mol. The van der Waals surface area contributed by atoms with E-state index in [4.69, 9.17) is 0 Å². The Hall–Kier alpha value is -0.160. The van der Waals surface area contributed by atoms with E-state index in [-0.39, 0.29) is 6.04 Å². The quantitative estimate of drug-likeness (QED) is 0.419. The highest BCUT2D eigenvalue weighted by molar-refractivity contribution is 4.99. The van der Waals surface area contributed by atoms with Crippen LogP contribution in [0, 0.1) is 0 Å². The molecule has 0 saturated carbocycles. The number of hydrogen-bond donors (Lipinski definition) is 3. The Labute approximate surface area is 71.4 Å². The van der Waals surface area contributed by atoms with Crippen LogP contribution in [0.3, 0.4) is 0 Å². The van der Waals surface area contributed by atoms with Crippen molar-refractivity contribution >= 4 is 0 Å². The summed E-state index contributed by atoms with van der Waals surface area (Å²) in [6, 6.07) is -0.228. The predicted octanol–water partition coefficient (Wildman–Crippen LogP) is -1.45. The van der Waals surface area contributed by atoms with E-state index in [9.17, 15) is 15.3 Å². The van der Waals surface area contributed by atoms with Crippen molar-refractivity contribution in [3.8, 4) is 0 Å². The van der Waals surface area contributed by atoms with Gasteiger partial charge in [0.05, 0.1) is 24.4 Å². The maximum Gasteiger partial charge on any atom is 0.0991 e. The third-order valence-corrected chi connectivity index (χ3v) is 2.93. The second-order valence-corrected chi connectivity index (χ2v) is 3.75. The van der Waals surface area contributed by atoms with Crippen LogP contribution in [-0.4, -0.2) is 57.7 Å². The van der Waals surface area contributed by atoms with Gasteiger partial charge in [0.15, 0.2) is 0 Å². The van der Waals surface area contributed by atoms with Gasteiger partial charge in [0.1, 0.15) is 0 Å². The topological polar surface area (TPSA) is 63.9 Å². The molecule has 0 radical (unpaired) electrons. The summed E-state index contributed by atoms with van der Waals surface area (Å²) in [5.41, 5.74) is 0. The minimum absolute atomic E-state index is 0.228. The number of hydrogen-bond acceptors (Lipinski definition) is 4. The Morgan fingerprint density at radius 1 is 1.08 bits per heavy atom. The average Bonchev–Trinajstić information content (AvgIpc) is 2.29. The second kappa shape index (κ2) is 2.96. The van der Waals surface area contributed by atoms with Crippen molar-refractivity contribution in [2.24, 2.45) is 0 Å². The van der Waals surface area contributed by atoms with Crippen molar-refractivity contribution < 1.29 is 15.3 Å². The first kappa shape index (κ1) is 8.44. The standard InChI is InChI=1S/C8H15NO3/c10-5-2-1-3-9-4-6(11)8(12)7(5)9/h5-8,10-12H,1-4H2/t5-,6?,7-,8-/m1/s1. The van der Waals surface area contributed by atoms with E-state index in [1.54, 1.807) is 0 Å². The second-order valence-electron chi connectivity index (χ2n) is 3.75. The number of piperidine rings is 1. The first-order valence-electron chi connectivity index (χ1n) is 4.48. The zero-order valence-corrected chi connectivity index (χ0v) is 6.93. The molecule has 2 heterocycles. The van der Waals surface area contributed by atoms with Gasteiger partial charge in [0, 0.05) is 6.54 Å². The lowest BCUT2D eigenvalue weighted by atomic mass is 9.97. The van der Waals surface area contributed by atoms with Crippen molar-refractivity contribution in [3.63, 3.8) is 0 Å². The zero-order valence-electron chi connectivity index (χ0n) is 6.93. The summed E-state index contributed by atoms with van der Waals surface area (Å²) >= 11 is 0. The van der Waals surface area contributed by atoms with E-state index in [0.717, 1.165) is 19.4 Å². The largest absolute Gasteiger partial charge is 0.391 e. The van der Waals surface area contributed by atoms with E-state index in [1.807, 2.05) is 4.90 Å². The number of fused-ring (bicyclic) bond motifs is 1. The SMILES string of the molecule is OC1CN2CCC[C@@H](O)[C@@H]2[C@@H]1O. The lowest BCUT2D eigenvalue weighted by Gasteiger charge is -2.34. The summed E-state index contributed by atoms with van der Waals surface area (Å²) in [7, 11) is 0. The summed E-state index contributed by atoms with van der Waals surface area (Å²) in [6.07, 6.45) is -0.212. The van der Waals surface area contributed by atoms with Crippen LogP contribution < -0.4 is 0 Å². The van der Waals surface area contributed by atoms with Crippen LogP contribution in [0.2, 0.25) is 0 Å². The Bertz CT molecular complexity index is 176. The molecule has 2 fully saturated rings. The molecule has 0 aromatic heterocycles. The van der Waals surface area contributed by atoms with Gasteiger partial charge in [-0.15, -0.1) is 0 Å². The Kier molecular flexibility index (Phi) is 2.08. The molecule has 4 heteroatoms. The molecule has 0 spiro atoms. The van der Waals surface area contributed by atoms with Crippen molar-refractivity contribution in [1.29, 1.82) is 0 Å². The maximum absolute atomic E-state index is 9.55. The molecule has 2 aliphatic heterocycles. The summed E-state index contributed by atoms with van der Waals surface area (Å²) in [6.45, 7) is 1.39. The van der Waals surface area contributed by atoms with Gasteiger partial charge in [-0.05, 0) is 19.4 Å². The number of aliphatic hydroxyl groups excluding tert-OH is 3. The number of rotatable bonds is 0. The van der Waals surface area contributed by atoms with Gasteiger partial charge in [0.25, 0.3) is 0 Å². The van der Waals surface area contributed by atoms with Crippen LogP contribution in [0.25, 0.3) is 0 Å². The molecule has 2 rings (SSSR count). The monoisotopic (exact) mass is 173 g/mol. The summed E-state index contributed by atoms with van der Waals surface area (Å²) in [5.74, 6) is 0. The Morgan fingerprint density at radius 3 is 2.50 bits per heavy atom. The fourth-order valence-electron chi connectivity index (χ4n) is 2.30. The van der Waals surface area contributed by atoms with E-state index in [0.29, 0.717) is 6.54 Å². The molecule has 12 heavy (non-hydrogen) atoms. The molecule has 0 aromatic carbocycles. The van der Waals surface area contributed by atoms with E-state index < -0.39 is 18.3 Å². The van der Waals surface area contributed by atoms with Crippen LogP contribution in [-0.2, 0) is 0 Å². The fourth-order valence-corrected chi connectivity index (χ4v) is 2.30. The van der Waals surface area contributed by atoms with Crippen LogP contribution in [0.4, 0.5) is 0 Å². The van der Waals surface area contributed by atoms with E-state index in [2.05, 4.69) is 0 Å². The third-order valence-electron chi connectivity index (χ3n) is 2.93. The highest BCUT2D eigenvalue weighted by Crippen LogP contribution is 2.27. The molecule has 1 unspecified atom stereocenters. The first-order chi connectivity index (χ1) is 5.70. The molecular formula is C8H15NO3. The minimum atomic E-state index is -0.764. The van der Waals surface area contributed by atoms with E-state index in [1.165, 1.54) is 0 Å². The molecule has 0 bridgehead atoms. The molecule has 0 aliphatic carbocycles. The number of aliphatic hydroxyl groups is 3. The minimum Gasteiger partial charge on any atom is -0.391 e. The van der Waals surface area contributed by atoms with Gasteiger partial charge < -0.3 is 15.3 Å². The first-order valence-corrected chi connectivity index (χ1v) is 4.48. The Morgan fingerprint density at radius 2 is 1.83 bits per heavy atom. The predicted molar refractivity (Wildman–Crippen MR) is 42.6 cm³/mol.